The van der Waals surface area contributed by atoms with E-state index in [1.54, 1.807) is 11.8 Å². The largest absolute Gasteiger partial charge is 0.344 e. The summed E-state index contributed by atoms with van der Waals surface area (Å²) in [6.45, 7) is 7.60. The number of halogens is 1. The van der Waals surface area contributed by atoms with Crippen LogP contribution in [-0.4, -0.2) is 39.4 Å². The molecule has 2 aromatic heterocycles. The predicted molar refractivity (Wildman–Crippen MR) is 129 cm³/mol. The SMILES string of the molecule is CC(=O)N1CCCC(C(=O)Nc2nc(-c3cc(C)n(Cc4ccccc4Cl)c3C)cs2)C1. The van der Waals surface area contributed by atoms with E-state index in [1.807, 2.05) is 29.6 Å². The standard InChI is InChI=1S/C24H27ClN4O2S/c1-15-11-20(16(2)29(15)13-18-7-4-5-9-21(18)25)22-14-32-24(26-22)27-23(31)19-8-6-10-28(12-19)17(3)30/h4-5,7,9,11,14,19H,6,8,10,12-13H2,1-3H3,(H,26,27,31). The van der Waals surface area contributed by atoms with Gasteiger partial charge < -0.3 is 14.8 Å². The van der Waals surface area contributed by atoms with Crippen LogP contribution >= 0.6 is 22.9 Å². The summed E-state index contributed by atoms with van der Waals surface area (Å²) in [6, 6.07) is 9.99. The van der Waals surface area contributed by atoms with Crippen LogP contribution in [0.25, 0.3) is 11.3 Å². The number of rotatable bonds is 5. The second-order valence-corrected chi connectivity index (χ2v) is 9.56. The van der Waals surface area contributed by atoms with E-state index in [0.29, 0.717) is 18.2 Å². The summed E-state index contributed by atoms with van der Waals surface area (Å²) >= 11 is 7.78. The van der Waals surface area contributed by atoms with Crippen LogP contribution in [0.5, 0.6) is 0 Å². The molecular formula is C24H27ClN4O2S. The summed E-state index contributed by atoms with van der Waals surface area (Å²) in [4.78, 5) is 30.8. The van der Waals surface area contributed by atoms with Crippen LogP contribution < -0.4 is 5.32 Å². The zero-order valence-electron chi connectivity index (χ0n) is 18.5. The van der Waals surface area contributed by atoms with Gasteiger partial charge in [0.25, 0.3) is 0 Å². The van der Waals surface area contributed by atoms with E-state index < -0.39 is 0 Å². The number of piperidine rings is 1. The van der Waals surface area contributed by atoms with Crippen LogP contribution in [0, 0.1) is 19.8 Å². The highest BCUT2D eigenvalue weighted by molar-refractivity contribution is 7.14. The summed E-state index contributed by atoms with van der Waals surface area (Å²) in [6.07, 6.45) is 1.63. The lowest BCUT2D eigenvalue weighted by atomic mass is 9.97. The molecule has 32 heavy (non-hydrogen) atoms. The van der Waals surface area contributed by atoms with E-state index in [1.165, 1.54) is 11.3 Å². The Morgan fingerprint density at radius 1 is 1.28 bits per heavy atom. The third-order valence-corrected chi connectivity index (χ3v) is 7.23. The molecule has 1 aliphatic rings. The quantitative estimate of drug-likeness (QED) is 0.562. The van der Waals surface area contributed by atoms with Gasteiger partial charge in [-0.25, -0.2) is 4.98 Å². The summed E-state index contributed by atoms with van der Waals surface area (Å²) in [5, 5.41) is 6.27. The summed E-state index contributed by atoms with van der Waals surface area (Å²) in [5.41, 5.74) is 5.20. The summed E-state index contributed by atoms with van der Waals surface area (Å²) < 4.78 is 2.23. The van der Waals surface area contributed by atoms with Crippen molar-refractivity contribution in [2.24, 2.45) is 5.92 Å². The van der Waals surface area contributed by atoms with Gasteiger partial charge in [-0.2, -0.15) is 0 Å². The van der Waals surface area contributed by atoms with Crippen LogP contribution in [0.4, 0.5) is 5.13 Å². The molecule has 1 atom stereocenters. The second kappa shape index (κ2) is 9.46. The van der Waals surface area contributed by atoms with Crippen molar-refractivity contribution in [1.29, 1.82) is 0 Å². The molecule has 0 bridgehead atoms. The number of aromatic nitrogens is 2. The Kier molecular flexibility index (Phi) is 6.67. The van der Waals surface area contributed by atoms with Gasteiger partial charge in [0.2, 0.25) is 11.8 Å². The highest BCUT2D eigenvalue weighted by Crippen LogP contribution is 2.31. The molecule has 1 saturated heterocycles. The number of nitrogens with one attached hydrogen (secondary N) is 1. The Morgan fingerprint density at radius 3 is 2.81 bits per heavy atom. The first-order chi connectivity index (χ1) is 15.3. The van der Waals surface area contributed by atoms with Crippen molar-refractivity contribution < 1.29 is 9.59 Å². The average molecular weight is 471 g/mol. The van der Waals surface area contributed by atoms with Crippen molar-refractivity contribution in [2.45, 2.75) is 40.2 Å². The van der Waals surface area contributed by atoms with Crippen LogP contribution in [0.3, 0.4) is 0 Å². The number of carbonyl (C=O) groups is 2. The molecule has 4 rings (SSSR count). The highest BCUT2D eigenvalue weighted by Gasteiger charge is 2.27. The van der Waals surface area contributed by atoms with Gasteiger partial charge in [0.15, 0.2) is 5.13 Å². The zero-order valence-corrected chi connectivity index (χ0v) is 20.1. The molecule has 2 amide bonds. The van der Waals surface area contributed by atoms with Gasteiger partial charge in [0.05, 0.1) is 11.6 Å². The lowest BCUT2D eigenvalue weighted by molar-refractivity contribution is -0.132. The fourth-order valence-electron chi connectivity index (χ4n) is 4.24. The molecule has 1 aromatic carbocycles. The number of likely N-dealkylation sites (tertiary alicyclic amines) is 1. The third kappa shape index (κ3) is 4.74. The molecule has 3 heterocycles. The number of benzene rings is 1. The zero-order chi connectivity index (χ0) is 22.8. The Hall–Kier alpha value is -2.64. The van der Waals surface area contributed by atoms with E-state index in [2.05, 4.69) is 34.8 Å². The fourth-order valence-corrected chi connectivity index (χ4v) is 5.15. The van der Waals surface area contributed by atoms with Gasteiger partial charge in [0.1, 0.15) is 0 Å². The Morgan fingerprint density at radius 2 is 2.06 bits per heavy atom. The topological polar surface area (TPSA) is 67.2 Å². The molecule has 1 unspecified atom stereocenters. The van der Waals surface area contributed by atoms with Crippen molar-refractivity contribution >= 4 is 39.9 Å². The molecule has 1 N–H and O–H groups in total. The Labute approximate surface area is 197 Å². The molecule has 168 valence electrons. The van der Waals surface area contributed by atoms with Gasteiger partial charge in [-0.15, -0.1) is 11.3 Å². The average Bonchev–Trinajstić information content (AvgIpc) is 3.34. The van der Waals surface area contributed by atoms with E-state index in [9.17, 15) is 9.59 Å². The van der Waals surface area contributed by atoms with Crippen molar-refractivity contribution in [3.05, 3.63) is 57.7 Å². The monoisotopic (exact) mass is 470 g/mol. The van der Waals surface area contributed by atoms with Gasteiger partial charge in [-0.05, 0) is 44.4 Å². The van der Waals surface area contributed by atoms with Crippen molar-refractivity contribution in [3.8, 4) is 11.3 Å². The molecule has 8 heteroatoms. The molecule has 0 radical (unpaired) electrons. The number of hydrogen-bond acceptors (Lipinski definition) is 4. The van der Waals surface area contributed by atoms with Crippen molar-refractivity contribution in [2.75, 3.05) is 18.4 Å². The van der Waals surface area contributed by atoms with Crippen LogP contribution in [0.2, 0.25) is 5.02 Å². The fraction of sp³-hybridized carbons (Fsp3) is 0.375. The summed E-state index contributed by atoms with van der Waals surface area (Å²) in [7, 11) is 0. The third-order valence-electron chi connectivity index (χ3n) is 6.11. The Bertz CT molecular complexity index is 1150. The smallest absolute Gasteiger partial charge is 0.231 e. The molecular weight excluding hydrogens is 444 g/mol. The van der Waals surface area contributed by atoms with Crippen LogP contribution in [0.1, 0.15) is 36.7 Å². The number of amides is 2. The first-order valence-corrected chi connectivity index (χ1v) is 12.0. The number of nitrogens with zero attached hydrogens (tertiary/aromatic N) is 3. The molecule has 0 spiro atoms. The Balaban J connectivity index is 1.48. The summed E-state index contributed by atoms with van der Waals surface area (Å²) in [5.74, 6) is -0.243. The molecule has 0 saturated carbocycles. The number of anilines is 1. The van der Waals surface area contributed by atoms with E-state index in [4.69, 9.17) is 11.6 Å². The minimum Gasteiger partial charge on any atom is -0.344 e. The second-order valence-electron chi connectivity index (χ2n) is 8.29. The molecule has 6 nitrogen and oxygen atoms in total. The number of hydrogen-bond donors (Lipinski definition) is 1. The van der Waals surface area contributed by atoms with Crippen LogP contribution in [-0.2, 0) is 16.1 Å². The van der Waals surface area contributed by atoms with Gasteiger partial charge in [0, 0.05) is 53.9 Å². The minimum atomic E-state index is -0.194. The first kappa shape index (κ1) is 22.6. The maximum absolute atomic E-state index is 12.7. The number of aryl methyl sites for hydroxylation is 1. The predicted octanol–water partition coefficient (Wildman–Crippen LogP) is 5.13. The lowest BCUT2D eigenvalue weighted by Gasteiger charge is -2.31. The lowest BCUT2D eigenvalue weighted by Crippen LogP contribution is -2.42. The molecule has 3 aromatic rings. The van der Waals surface area contributed by atoms with Gasteiger partial charge in [-0.3, -0.25) is 9.59 Å². The van der Waals surface area contributed by atoms with E-state index in [0.717, 1.165) is 52.6 Å². The van der Waals surface area contributed by atoms with Gasteiger partial charge >= 0.3 is 0 Å². The molecule has 1 fully saturated rings. The first-order valence-electron chi connectivity index (χ1n) is 10.8. The maximum atomic E-state index is 12.7. The maximum Gasteiger partial charge on any atom is 0.231 e. The van der Waals surface area contributed by atoms with Gasteiger partial charge in [-0.1, -0.05) is 29.8 Å². The van der Waals surface area contributed by atoms with Crippen molar-refractivity contribution in [1.82, 2.24) is 14.5 Å². The van der Waals surface area contributed by atoms with E-state index in [-0.39, 0.29) is 17.7 Å². The van der Waals surface area contributed by atoms with E-state index >= 15 is 0 Å². The van der Waals surface area contributed by atoms with Crippen LogP contribution in [0.15, 0.2) is 35.7 Å². The highest BCUT2D eigenvalue weighted by atomic mass is 35.5. The minimum absolute atomic E-state index is 0.0196. The molecule has 1 aliphatic heterocycles. The number of carbonyl (C=O) groups excluding carboxylic acids is 2. The molecule has 0 aliphatic carbocycles. The van der Waals surface area contributed by atoms with Crippen molar-refractivity contribution in [3.63, 3.8) is 0 Å². The normalized spacial score (nSPS) is 16.2. The number of thiazole rings is 1.